The van der Waals surface area contributed by atoms with Crippen molar-refractivity contribution in [1.29, 1.82) is 0 Å². The highest BCUT2D eigenvalue weighted by Gasteiger charge is 2.11. The molecule has 1 atom stereocenters. The first kappa shape index (κ1) is 20.3. The van der Waals surface area contributed by atoms with E-state index in [1.54, 1.807) is 24.3 Å². The standard InChI is InChI=1S/C24H22FNO3/c1-17(18-5-3-2-4-6-18)15-26-23(27)16-29-22-13-9-20(10-14-22)24(28)19-7-11-21(25)12-8-19/h2-14,17H,15-16H2,1H3,(H,26,27). The van der Waals surface area contributed by atoms with Crippen molar-refractivity contribution in [3.8, 4) is 5.75 Å². The first-order chi connectivity index (χ1) is 14.0. The zero-order valence-electron chi connectivity index (χ0n) is 16.1. The maximum Gasteiger partial charge on any atom is 0.257 e. The molecule has 1 N–H and O–H groups in total. The summed E-state index contributed by atoms with van der Waals surface area (Å²) in [6.45, 7) is 2.47. The van der Waals surface area contributed by atoms with Crippen LogP contribution >= 0.6 is 0 Å². The maximum atomic E-state index is 13.0. The van der Waals surface area contributed by atoms with Crippen molar-refractivity contribution in [3.63, 3.8) is 0 Å². The molecular formula is C24H22FNO3. The van der Waals surface area contributed by atoms with Gasteiger partial charge in [-0.1, -0.05) is 37.3 Å². The van der Waals surface area contributed by atoms with Crippen molar-refractivity contribution < 1.29 is 18.7 Å². The molecule has 0 fully saturated rings. The Kier molecular flexibility index (Phi) is 6.74. The topological polar surface area (TPSA) is 55.4 Å². The van der Waals surface area contributed by atoms with Crippen molar-refractivity contribution in [2.24, 2.45) is 0 Å². The molecule has 0 aliphatic rings. The number of hydrogen-bond donors (Lipinski definition) is 1. The van der Waals surface area contributed by atoms with E-state index in [9.17, 15) is 14.0 Å². The van der Waals surface area contributed by atoms with Gasteiger partial charge in [0.2, 0.25) is 0 Å². The number of nitrogens with one attached hydrogen (secondary N) is 1. The normalized spacial score (nSPS) is 11.5. The SMILES string of the molecule is CC(CNC(=O)COc1ccc(C(=O)c2ccc(F)cc2)cc1)c1ccccc1. The second-order valence-electron chi connectivity index (χ2n) is 6.76. The quantitative estimate of drug-likeness (QED) is 0.581. The number of carbonyl (C=O) groups is 2. The summed E-state index contributed by atoms with van der Waals surface area (Å²) in [6, 6.07) is 21.9. The minimum Gasteiger partial charge on any atom is -0.484 e. The number of halogens is 1. The van der Waals surface area contributed by atoms with E-state index in [-0.39, 0.29) is 30.0 Å². The zero-order valence-corrected chi connectivity index (χ0v) is 16.1. The van der Waals surface area contributed by atoms with E-state index in [0.29, 0.717) is 23.4 Å². The van der Waals surface area contributed by atoms with Crippen molar-refractivity contribution in [2.75, 3.05) is 13.2 Å². The number of benzene rings is 3. The van der Waals surface area contributed by atoms with Crippen LogP contribution in [0.25, 0.3) is 0 Å². The largest absolute Gasteiger partial charge is 0.484 e. The molecule has 29 heavy (non-hydrogen) atoms. The van der Waals surface area contributed by atoms with Crippen LogP contribution in [0.4, 0.5) is 4.39 Å². The van der Waals surface area contributed by atoms with E-state index in [1.165, 1.54) is 24.3 Å². The second kappa shape index (κ2) is 9.64. The van der Waals surface area contributed by atoms with Gasteiger partial charge in [0.25, 0.3) is 5.91 Å². The van der Waals surface area contributed by atoms with Gasteiger partial charge in [0.1, 0.15) is 11.6 Å². The molecule has 3 aromatic rings. The number of carbonyl (C=O) groups excluding carboxylic acids is 2. The lowest BCUT2D eigenvalue weighted by Gasteiger charge is -2.13. The molecule has 3 aromatic carbocycles. The lowest BCUT2D eigenvalue weighted by atomic mass is 10.0. The minimum atomic E-state index is -0.387. The Bertz CT molecular complexity index is 954. The van der Waals surface area contributed by atoms with Crippen molar-refractivity contribution in [2.45, 2.75) is 12.8 Å². The van der Waals surface area contributed by atoms with Crippen LogP contribution < -0.4 is 10.1 Å². The lowest BCUT2D eigenvalue weighted by molar-refractivity contribution is -0.123. The van der Waals surface area contributed by atoms with Gasteiger partial charge in [0.15, 0.2) is 12.4 Å². The Labute approximate surface area is 169 Å². The Morgan fingerprint density at radius 2 is 1.48 bits per heavy atom. The predicted molar refractivity (Wildman–Crippen MR) is 110 cm³/mol. The summed E-state index contributed by atoms with van der Waals surface area (Å²) in [5.74, 6) is -0.103. The molecule has 0 radical (unpaired) electrons. The van der Waals surface area contributed by atoms with Crippen LogP contribution in [0.15, 0.2) is 78.9 Å². The zero-order chi connectivity index (χ0) is 20.6. The van der Waals surface area contributed by atoms with Gasteiger partial charge in [-0.25, -0.2) is 4.39 Å². The minimum absolute atomic E-state index is 0.104. The van der Waals surface area contributed by atoms with E-state index in [0.717, 1.165) is 5.56 Å². The molecule has 0 bridgehead atoms. The number of hydrogen-bond acceptors (Lipinski definition) is 3. The third-order valence-electron chi connectivity index (χ3n) is 4.57. The number of amides is 1. The molecule has 0 saturated heterocycles. The Morgan fingerprint density at radius 3 is 2.10 bits per heavy atom. The number of rotatable bonds is 8. The predicted octanol–water partition coefficient (Wildman–Crippen LogP) is 4.36. The summed E-state index contributed by atoms with van der Waals surface area (Å²) in [6.07, 6.45) is 0. The average molecular weight is 391 g/mol. The third kappa shape index (κ3) is 5.75. The molecule has 0 spiro atoms. The summed E-state index contributed by atoms with van der Waals surface area (Å²) in [5, 5.41) is 2.86. The molecule has 0 aliphatic heterocycles. The highest BCUT2D eigenvalue weighted by Crippen LogP contribution is 2.16. The van der Waals surface area contributed by atoms with Crippen LogP contribution in [0, 0.1) is 5.82 Å². The third-order valence-corrected chi connectivity index (χ3v) is 4.57. The van der Waals surface area contributed by atoms with Crippen LogP contribution in [0.5, 0.6) is 5.75 Å². The second-order valence-corrected chi connectivity index (χ2v) is 6.76. The van der Waals surface area contributed by atoms with Crippen LogP contribution in [0.3, 0.4) is 0 Å². The van der Waals surface area contributed by atoms with E-state index in [4.69, 9.17) is 4.74 Å². The highest BCUT2D eigenvalue weighted by molar-refractivity contribution is 6.09. The van der Waals surface area contributed by atoms with Gasteiger partial charge in [-0.2, -0.15) is 0 Å². The molecule has 4 nitrogen and oxygen atoms in total. The fraction of sp³-hybridized carbons (Fsp3) is 0.167. The Hall–Kier alpha value is -3.47. The average Bonchev–Trinajstić information content (AvgIpc) is 2.77. The summed E-state index contributed by atoms with van der Waals surface area (Å²) in [7, 11) is 0. The molecule has 0 aromatic heterocycles. The lowest BCUT2D eigenvalue weighted by Crippen LogP contribution is -2.31. The van der Waals surface area contributed by atoms with Crippen molar-refractivity contribution in [3.05, 3.63) is 101 Å². The van der Waals surface area contributed by atoms with Crippen LogP contribution in [0.2, 0.25) is 0 Å². The summed E-state index contributed by atoms with van der Waals surface area (Å²) < 4.78 is 18.5. The van der Waals surface area contributed by atoms with Gasteiger partial charge < -0.3 is 10.1 Å². The monoisotopic (exact) mass is 391 g/mol. The first-order valence-electron chi connectivity index (χ1n) is 9.37. The van der Waals surface area contributed by atoms with Gasteiger partial charge in [0, 0.05) is 17.7 Å². The van der Waals surface area contributed by atoms with Gasteiger partial charge in [-0.15, -0.1) is 0 Å². The Morgan fingerprint density at radius 1 is 0.897 bits per heavy atom. The summed E-state index contributed by atoms with van der Waals surface area (Å²) in [4.78, 5) is 24.4. The highest BCUT2D eigenvalue weighted by atomic mass is 19.1. The number of ether oxygens (including phenoxy) is 1. The smallest absolute Gasteiger partial charge is 0.257 e. The van der Waals surface area contributed by atoms with E-state index >= 15 is 0 Å². The molecule has 0 heterocycles. The molecule has 148 valence electrons. The Balaban J connectivity index is 1.47. The van der Waals surface area contributed by atoms with Crippen LogP contribution in [0.1, 0.15) is 34.3 Å². The summed E-state index contributed by atoms with van der Waals surface area (Å²) in [5.41, 5.74) is 2.03. The molecule has 5 heteroatoms. The molecule has 0 saturated carbocycles. The molecule has 0 aliphatic carbocycles. The summed E-state index contributed by atoms with van der Waals surface area (Å²) >= 11 is 0. The molecule has 1 amide bonds. The van der Waals surface area contributed by atoms with E-state index in [1.807, 2.05) is 37.3 Å². The van der Waals surface area contributed by atoms with Gasteiger partial charge in [-0.3, -0.25) is 9.59 Å². The van der Waals surface area contributed by atoms with Crippen molar-refractivity contribution >= 4 is 11.7 Å². The first-order valence-corrected chi connectivity index (χ1v) is 9.37. The van der Waals surface area contributed by atoms with Gasteiger partial charge in [-0.05, 0) is 60.0 Å². The van der Waals surface area contributed by atoms with E-state index < -0.39 is 0 Å². The van der Waals surface area contributed by atoms with Crippen molar-refractivity contribution in [1.82, 2.24) is 5.32 Å². The van der Waals surface area contributed by atoms with Gasteiger partial charge in [0.05, 0.1) is 0 Å². The molecule has 1 unspecified atom stereocenters. The van der Waals surface area contributed by atoms with Crippen LogP contribution in [-0.4, -0.2) is 24.8 Å². The fourth-order valence-corrected chi connectivity index (χ4v) is 2.84. The van der Waals surface area contributed by atoms with Crippen LogP contribution in [-0.2, 0) is 4.79 Å². The van der Waals surface area contributed by atoms with E-state index in [2.05, 4.69) is 5.32 Å². The molecular weight excluding hydrogens is 369 g/mol. The molecule has 3 rings (SSSR count). The number of ketones is 1. The fourth-order valence-electron chi connectivity index (χ4n) is 2.84. The van der Waals surface area contributed by atoms with Gasteiger partial charge >= 0.3 is 0 Å². The maximum absolute atomic E-state index is 13.0.